The lowest BCUT2D eigenvalue weighted by atomic mass is 9.84. The van der Waals surface area contributed by atoms with Gasteiger partial charge in [-0.2, -0.15) is 0 Å². The van der Waals surface area contributed by atoms with E-state index >= 15 is 0 Å². The summed E-state index contributed by atoms with van der Waals surface area (Å²) in [6, 6.07) is 17.1. The quantitative estimate of drug-likeness (QED) is 0.715. The van der Waals surface area contributed by atoms with Gasteiger partial charge in [0.2, 0.25) is 5.91 Å². The highest BCUT2D eigenvalue weighted by Gasteiger charge is 2.42. The van der Waals surface area contributed by atoms with Gasteiger partial charge in [-0.25, -0.2) is 0 Å². The first-order valence-corrected chi connectivity index (χ1v) is 11.1. The molecule has 0 aromatic heterocycles. The van der Waals surface area contributed by atoms with Crippen LogP contribution in [0, 0.1) is 0 Å². The van der Waals surface area contributed by atoms with E-state index in [0.717, 1.165) is 70.6 Å². The minimum atomic E-state index is -0.0446. The zero-order chi connectivity index (χ0) is 19.7. The standard InChI is InChI=1S/C25H30N2O2/c28-24-12-11-20-7-2-4-10-23(20)27(24)16-6-5-15-26-17-13-25(14-18-26)22-9-3-1-8-21(22)19-29-25/h1-4,7-10H,5-6,11-19H2. The van der Waals surface area contributed by atoms with Crippen LogP contribution in [0.5, 0.6) is 0 Å². The second-order valence-corrected chi connectivity index (χ2v) is 8.66. The van der Waals surface area contributed by atoms with E-state index in [1.807, 2.05) is 11.0 Å². The smallest absolute Gasteiger partial charge is 0.227 e. The van der Waals surface area contributed by atoms with Gasteiger partial charge in [-0.3, -0.25) is 4.79 Å². The molecule has 5 rings (SSSR count). The Balaban J connectivity index is 1.11. The molecule has 0 unspecified atom stereocenters. The lowest BCUT2D eigenvalue weighted by Crippen LogP contribution is -2.43. The van der Waals surface area contributed by atoms with Crippen molar-refractivity contribution in [3.05, 3.63) is 65.2 Å². The van der Waals surface area contributed by atoms with Gasteiger partial charge < -0.3 is 14.5 Å². The highest BCUT2D eigenvalue weighted by molar-refractivity contribution is 5.96. The maximum absolute atomic E-state index is 12.4. The number of fused-ring (bicyclic) bond motifs is 3. The Kier molecular flexibility index (Phi) is 5.15. The Morgan fingerprint density at radius 1 is 0.862 bits per heavy atom. The molecule has 0 atom stereocenters. The molecule has 2 aromatic carbocycles. The van der Waals surface area contributed by atoms with E-state index in [1.165, 1.54) is 16.7 Å². The molecule has 1 saturated heterocycles. The normalized spacial score (nSPS) is 20.7. The van der Waals surface area contributed by atoms with Crippen LogP contribution in [0.25, 0.3) is 0 Å². The number of benzene rings is 2. The molecule has 2 aromatic rings. The number of rotatable bonds is 5. The summed E-state index contributed by atoms with van der Waals surface area (Å²) in [5, 5.41) is 0. The number of ether oxygens (including phenoxy) is 1. The zero-order valence-corrected chi connectivity index (χ0v) is 17.1. The monoisotopic (exact) mass is 390 g/mol. The fourth-order valence-corrected chi connectivity index (χ4v) is 5.28. The Hall–Kier alpha value is -2.17. The fraction of sp³-hybridized carbons (Fsp3) is 0.480. The van der Waals surface area contributed by atoms with Crippen molar-refractivity contribution in [2.45, 2.75) is 50.7 Å². The van der Waals surface area contributed by atoms with Gasteiger partial charge in [0.1, 0.15) is 0 Å². The molecule has 4 heteroatoms. The highest BCUT2D eigenvalue weighted by atomic mass is 16.5. The first kappa shape index (κ1) is 18.8. The predicted molar refractivity (Wildman–Crippen MR) is 115 cm³/mol. The number of unbranched alkanes of at least 4 members (excludes halogenated alkanes) is 1. The number of para-hydroxylation sites is 1. The lowest BCUT2D eigenvalue weighted by Gasteiger charge is -2.39. The molecule has 0 bridgehead atoms. The average molecular weight is 391 g/mol. The summed E-state index contributed by atoms with van der Waals surface area (Å²) in [6.07, 6.45) is 5.89. The zero-order valence-electron chi connectivity index (χ0n) is 17.1. The summed E-state index contributed by atoms with van der Waals surface area (Å²) in [4.78, 5) is 17.0. The van der Waals surface area contributed by atoms with E-state index in [0.29, 0.717) is 6.42 Å². The number of nitrogens with zero attached hydrogens (tertiary/aromatic N) is 2. The summed E-state index contributed by atoms with van der Waals surface area (Å²) in [7, 11) is 0. The number of amides is 1. The largest absolute Gasteiger partial charge is 0.365 e. The molecule has 1 fully saturated rings. The van der Waals surface area contributed by atoms with Gasteiger partial charge in [0.05, 0.1) is 12.2 Å². The number of aryl methyl sites for hydroxylation is 1. The summed E-state index contributed by atoms with van der Waals surface area (Å²) >= 11 is 0. The van der Waals surface area contributed by atoms with Crippen molar-refractivity contribution in [2.75, 3.05) is 31.1 Å². The van der Waals surface area contributed by atoms with Gasteiger partial charge in [-0.05, 0) is 61.4 Å². The third-order valence-electron chi connectivity index (χ3n) is 6.97. The fourth-order valence-electron chi connectivity index (χ4n) is 5.28. The molecule has 0 radical (unpaired) electrons. The third-order valence-corrected chi connectivity index (χ3v) is 6.97. The van der Waals surface area contributed by atoms with E-state index in [1.54, 1.807) is 0 Å². The molecular weight excluding hydrogens is 360 g/mol. The summed E-state index contributed by atoms with van der Waals surface area (Å²) in [5.41, 5.74) is 5.18. The van der Waals surface area contributed by atoms with Crippen molar-refractivity contribution in [3.63, 3.8) is 0 Å². The third kappa shape index (κ3) is 3.60. The number of hydrogen-bond acceptors (Lipinski definition) is 3. The van der Waals surface area contributed by atoms with Crippen LogP contribution < -0.4 is 4.90 Å². The Morgan fingerprint density at radius 3 is 2.45 bits per heavy atom. The molecule has 0 aliphatic carbocycles. The minimum absolute atomic E-state index is 0.0446. The van der Waals surface area contributed by atoms with Gasteiger partial charge in [-0.1, -0.05) is 42.5 Å². The number of carbonyl (C=O) groups is 1. The van der Waals surface area contributed by atoms with Crippen LogP contribution in [0.15, 0.2) is 48.5 Å². The van der Waals surface area contributed by atoms with E-state index < -0.39 is 0 Å². The second-order valence-electron chi connectivity index (χ2n) is 8.66. The maximum Gasteiger partial charge on any atom is 0.227 e. The van der Waals surface area contributed by atoms with Crippen molar-refractivity contribution in [1.82, 2.24) is 4.90 Å². The first-order chi connectivity index (χ1) is 14.3. The van der Waals surface area contributed by atoms with E-state index in [2.05, 4.69) is 47.4 Å². The summed E-state index contributed by atoms with van der Waals surface area (Å²) in [5.74, 6) is 0.278. The van der Waals surface area contributed by atoms with Crippen molar-refractivity contribution in [1.29, 1.82) is 0 Å². The van der Waals surface area contributed by atoms with Crippen LogP contribution in [-0.4, -0.2) is 37.0 Å². The molecule has 0 saturated carbocycles. The lowest BCUT2D eigenvalue weighted by molar-refractivity contribution is -0.118. The number of hydrogen-bond donors (Lipinski definition) is 0. The van der Waals surface area contributed by atoms with Gasteiger partial charge in [0.25, 0.3) is 0 Å². The second kappa shape index (κ2) is 7.92. The number of likely N-dealkylation sites (tertiary alicyclic amines) is 1. The molecule has 0 N–H and O–H groups in total. The van der Waals surface area contributed by atoms with Crippen LogP contribution in [-0.2, 0) is 28.2 Å². The predicted octanol–water partition coefficient (Wildman–Crippen LogP) is 4.27. The van der Waals surface area contributed by atoms with E-state index in [-0.39, 0.29) is 11.5 Å². The van der Waals surface area contributed by atoms with Crippen molar-refractivity contribution in [3.8, 4) is 0 Å². The molecule has 3 heterocycles. The topological polar surface area (TPSA) is 32.8 Å². The SMILES string of the molecule is O=C1CCc2ccccc2N1CCCCN1CCC2(CC1)OCc1ccccc12. The number of piperidine rings is 1. The Morgan fingerprint density at radius 2 is 1.59 bits per heavy atom. The molecule has 4 nitrogen and oxygen atoms in total. The van der Waals surface area contributed by atoms with E-state index in [9.17, 15) is 4.79 Å². The van der Waals surface area contributed by atoms with Crippen LogP contribution in [0.1, 0.15) is 48.8 Å². The van der Waals surface area contributed by atoms with Gasteiger partial charge >= 0.3 is 0 Å². The maximum atomic E-state index is 12.4. The molecule has 152 valence electrons. The highest BCUT2D eigenvalue weighted by Crippen LogP contribution is 2.43. The van der Waals surface area contributed by atoms with E-state index in [4.69, 9.17) is 4.74 Å². The molecule has 29 heavy (non-hydrogen) atoms. The molecule has 3 aliphatic heterocycles. The van der Waals surface area contributed by atoms with Crippen molar-refractivity contribution < 1.29 is 9.53 Å². The molecular formula is C25H30N2O2. The molecule has 3 aliphatic rings. The number of anilines is 1. The Labute approximate surface area is 173 Å². The van der Waals surface area contributed by atoms with Crippen LogP contribution >= 0.6 is 0 Å². The summed E-state index contributed by atoms with van der Waals surface area (Å²) < 4.78 is 6.28. The first-order valence-electron chi connectivity index (χ1n) is 11.1. The molecule has 1 spiro atoms. The average Bonchev–Trinajstić information content (AvgIpc) is 3.12. The van der Waals surface area contributed by atoms with Crippen molar-refractivity contribution in [2.24, 2.45) is 0 Å². The van der Waals surface area contributed by atoms with Crippen molar-refractivity contribution >= 4 is 11.6 Å². The number of carbonyl (C=O) groups excluding carboxylic acids is 1. The Bertz CT molecular complexity index is 886. The van der Waals surface area contributed by atoms with Gasteiger partial charge in [0, 0.05) is 31.7 Å². The van der Waals surface area contributed by atoms with Gasteiger partial charge in [0.15, 0.2) is 0 Å². The van der Waals surface area contributed by atoms with Crippen LogP contribution in [0.2, 0.25) is 0 Å². The van der Waals surface area contributed by atoms with Crippen LogP contribution in [0.4, 0.5) is 5.69 Å². The molecule has 1 amide bonds. The van der Waals surface area contributed by atoms with Gasteiger partial charge in [-0.15, -0.1) is 0 Å². The summed E-state index contributed by atoms with van der Waals surface area (Å²) in [6.45, 7) is 4.91. The minimum Gasteiger partial charge on any atom is -0.365 e. The van der Waals surface area contributed by atoms with Crippen LogP contribution in [0.3, 0.4) is 0 Å².